The molecule has 3 rings (SSSR count). The number of sulfonamides is 1. The van der Waals surface area contributed by atoms with Gasteiger partial charge in [0, 0.05) is 30.0 Å². The number of hydrogen-bond acceptors (Lipinski definition) is 10. The van der Waals surface area contributed by atoms with E-state index in [2.05, 4.69) is 19.7 Å². The quantitative estimate of drug-likeness (QED) is 0.292. The zero-order valence-electron chi connectivity index (χ0n) is 16.8. The first kappa shape index (κ1) is 22.4. The van der Waals surface area contributed by atoms with Gasteiger partial charge in [0.1, 0.15) is 5.75 Å². The van der Waals surface area contributed by atoms with Crippen molar-refractivity contribution in [1.29, 1.82) is 0 Å². The molecule has 3 aromatic rings. The highest BCUT2D eigenvalue weighted by Gasteiger charge is 2.17. The fourth-order valence-corrected chi connectivity index (χ4v) is 3.46. The molecule has 0 atom stereocenters. The summed E-state index contributed by atoms with van der Waals surface area (Å²) in [5.41, 5.74) is 0.305. The molecule has 0 aliphatic carbocycles. The first-order chi connectivity index (χ1) is 15.2. The summed E-state index contributed by atoms with van der Waals surface area (Å²) in [5.74, 6) is -0.112. The topological polar surface area (TPSA) is 166 Å². The number of aromatic nitrogens is 2. The number of rotatable bonds is 8. The number of nitrogens with one attached hydrogen (secondary N) is 1. The van der Waals surface area contributed by atoms with E-state index in [1.54, 1.807) is 0 Å². The molecular weight excluding hydrogens is 442 g/mol. The summed E-state index contributed by atoms with van der Waals surface area (Å²) in [7, 11) is -1.29. The van der Waals surface area contributed by atoms with Gasteiger partial charge in [0.2, 0.25) is 5.88 Å². The molecule has 0 fully saturated rings. The van der Waals surface area contributed by atoms with E-state index in [1.165, 1.54) is 69.0 Å². The van der Waals surface area contributed by atoms with E-state index in [-0.39, 0.29) is 39.6 Å². The Morgan fingerprint density at radius 3 is 2.44 bits per heavy atom. The summed E-state index contributed by atoms with van der Waals surface area (Å²) in [5, 5.41) is 20.7. The van der Waals surface area contributed by atoms with Crippen molar-refractivity contribution >= 4 is 33.4 Å². The summed E-state index contributed by atoms with van der Waals surface area (Å²) >= 11 is 0. The number of non-ortho nitro benzene ring substituents is 1. The van der Waals surface area contributed by atoms with Gasteiger partial charge in [-0.05, 0) is 30.3 Å². The predicted octanol–water partition coefficient (Wildman–Crippen LogP) is 2.66. The predicted molar refractivity (Wildman–Crippen MR) is 114 cm³/mol. The number of benzene rings is 2. The smallest absolute Gasteiger partial charge is 0.321 e. The summed E-state index contributed by atoms with van der Waals surface area (Å²) in [4.78, 5) is 22.1. The number of phenolic OH excluding ortho intramolecular Hbond substituents is 1. The van der Waals surface area contributed by atoms with Crippen LogP contribution in [-0.4, -0.2) is 48.8 Å². The number of hydrogen-bond donors (Lipinski definition) is 2. The van der Waals surface area contributed by atoms with Gasteiger partial charge in [0.05, 0.1) is 29.7 Å². The third-order valence-electron chi connectivity index (χ3n) is 4.03. The van der Waals surface area contributed by atoms with Gasteiger partial charge in [0.15, 0.2) is 5.82 Å². The molecule has 1 aromatic heterocycles. The maximum atomic E-state index is 12.6. The molecular formula is C19H17N5O7S. The van der Waals surface area contributed by atoms with Crippen molar-refractivity contribution in [3.63, 3.8) is 0 Å². The number of ether oxygens (including phenoxy) is 2. The molecule has 166 valence electrons. The average molecular weight is 459 g/mol. The third kappa shape index (κ3) is 5.26. The standard InChI is InChI=1S/C19H17N5O7S/c1-30-18-10-17(21-19(22-18)31-2)23-32(28,29)15-6-3-13(4-7-15)20-11-12-9-14(24(26)27)5-8-16(12)25/h3-11,25H,1-2H3,(H,21,22,23). The number of anilines is 1. The summed E-state index contributed by atoms with van der Waals surface area (Å²) in [6.45, 7) is 0. The number of nitro benzene ring substituents is 1. The Balaban J connectivity index is 1.80. The van der Waals surface area contributed by atoms with Crippen molar-refractivity contribution in [2.45, 2.75) is 4.90 Å². The van der Waals surface area contributed by atoms with Gasteiger partial charge < -0.3 is 14.6 Å². The van der Waals surface area contributed by atoms with Gasteiger partial charge in [0.25, 0.3) is 15.7 Å². The number of aromatic hydroxyl groups is 1. The van der Waals surface area contributed by atoms with Crippen LogP contribution in [0, 0.1) is 10.1 Å². The monoisotopic (exact) mass is 459 g/mol. The molecule has 1 heterocycles. The number of nitrogens with zero attached hydrogens (tertiary/aromatic N) is 4. The molecule has 0 amide bonds. The lowest BCUT2D eigenvalue weighted by Gasteiger charge is -2.09. The lowest BCUT2D eigenvalue weighted by molar-refractivity contribution is -0.384. The van der Waals surface area contributed by atoms with Crippen molar-refractivity contribution in [3.05, 3.63) is 64.2 Å². The Hall–Kier alpha value is -4.26. The van der Waals surface area contributed by atoms with E-state index in [1.807, 2.05) is 0 Å². The number of aliphatic imine (C=N–C) groups is 1. The minimum Gasteiger partial charge on any atom is -0.507 e. The number of nitro groups is 1. The Morgan fingerprint density at radius 1 is 1.09 bits per heavy atom. The molecule has 0 aliphatic rings. The van der Waals surface area contributed by atoms with Crippen molar-refractivity contribution in [1.82, 2.24) is 9.97 Å². The van der Waals surface area contributed by atoms with Crippen LogP contribution in [-0.2, 0) is 10.0 Å². The van der Waals surface area contributed by atoms with E-state index in [0.29, 0.717) is 5.69 Å². The maximum absolute atomic E-state index is 12.6. The first-order valence-electron chi connectivity index (χ1n) is 8.83. The van der Waals surface area contributed by atoms with Crippen LogP contribution in [0.1, 0.15) is 5.56 Å². The van der Waals surface area contributed by atoms with E-state index in [4.69, 9.17) is 9.47 Å². The molecule has 0 aliphatic heterocycles. The van der Waals surface area contributed by atoms with E-state index in [0.717, 1.165) is 0 Å². The normalized spacial score (nSPS) is 11.3. The molecule has 12 nitrogen and oxygen atoms in total. The van der Waals surface area contributed by atoms with Crippen LogP contribution in [0.5, 0.6) is 17.6 Å². The highest BCUT2D eigenvalue weighted by molar-refractivity contribution is 7.92. The van der Waals surface area contributed by atoms with E-state index >= 15 is 0 Å². The van der Waals surface area contributed by atoms with E-state index in [9.17, 15) is 23.6 Å². The van der Waals surface area contributed by atoms with Gasteiger partial charge in [-0.25, -0.2) is 8.42 Å². The van der Waals surface area contributed by atoms with Crippen molar-refractivity contribution in [2.24, 2.45) is 4.99 Å². The lowest BCUT2D eigenvalue weighted by Crippen LogP contribution is -2.14. The second-order valence-corrected chi connectivity index (χ2v) is 7.82. The third-order valence-corrected chi connectivity index (χ3v) is 5.41. The zero-order valence-corrected chi connectivity index (χ0v) is 17.6. The summed E-state index contributed by atoms with van der Waals surface area (Å²) in [6.07, 6.45) is 1.24. The van der Waals surface area contributed by atoms with Crippen LogP contribution in [0.3, 0.4) is 0 Å². The molecule has 2 aromatic carbocycles. The summed E-state index contributed by atoms with van der Waals surface area (Å²) in [6, 6.07) is 10.3. The second-order valence-electron chi connectivity index (χ2n) is 6.14. The van der Waals surface area contributed by atoms with Crippen LogP contribution >= 0.6 is 0 Å². The maximum Gasteiger partial charge on any atom is 0.321 e. The SMILES string of the molecule is COc1cc(NS(=O)(=O)c2ccc(N=Cc3cc([N+](=O)[O-])ccc3O)cc2)nc(OC)n1. The molecule has 32 heavy (non-hydrogen) atoms. The Morgan fingerprint density at radius 2 is 1.81 bits per heavy atom. The molecule has 0 radical (unpaired) electrons. The number of methoxy groups -OCH3 is 2. The minimum atomic E-state index is -3.99. The van der Waals surface area contributed by atoms with Crippen LogP contribution in [0.4, 0.5) is 17.2 Å². The van der Waals surface area contributed by atoms with Crippen molar-refractivity contribution < 1.29 is 27.9 Å². The molecule has 0 saturated carbocycles. The number of phenols is 1. The fraction of sp³-hybridized carbons (Fsp3) is 0.105. The van der Waals surface area contributed by atoms with Gasteiger partial charge in [-0.2, -0.15) is 9.97 Å². The van der Waals surface area contributed by atoms with Crippen molar-refractivity contribution in [2.75, 3.05) is 18.9 Å². The lowest BCUT2D eigenvalue weighted by atomic mass is 10.2. The van der Waals surface area contributed by atoms with Gasteiger partial charge in [-0.3, -0.25) is 19.8 Å². The van der Waals surface area contributed by atoms with Crippen molar-refractivity contribution in [3.8, 4) is 17.6 Å². The van der Waals surface area contributed by atoms with Crippen LogP contribution in [0.2, 0.25) is 0 Å². The van der Waals surface area contributed by atoms with E-state index < -0.39 is 14.9 Å². The molecule has 0 spiro atoms. The van der Waals surface area contributed by atoms with Crippen LogP contribution in [0.15, 0.2) is 58.4 Å². The second kappa shape index (κ2) is 9.26. The van der Waals surface area contributed by atoms with Crippen LogP contribution in [0.25, 0.3) is 0 Å². The Labute approximate surface area is 182 Å². The Bertz CT molecular complexity index is 1260. The van der Waals surface area contributed by atoms with Gasteiger partial charge >= 0.3 is 6.01 Å². The molecule has 2 N–H and O–H groups in total. The van der Waals surface area contributed by atoms with Gasteiger partial charge in [-0.15, -0.1) is 0 Å². The first-order valence-corrected chi connectivity index (χ1v) is 10.3. The largest absolute Gasteiger partial charge is 0.507 e. The summed E-state index contributed by atoms with van der Waals surface area (Å²) < 4.78 is 37.5. The van der Waals surface area contributed by atoms with Gasteiger partial charge in [-0.1, -0.05) is 0 Å². The highest BCUT2D eigenvalue weighted by Crippen LogP contribution is 2.24. The molecule has 0 saturated heterocycles. The Kier molecular flexibility index (Phi) is 6.49. The molecule has 0 bridgehead atoms. The fourth-order valence-electron chi connectivity index (χ4n) is 2.46. The minimum absolute atomic E-state index is 0.0445. The highest BCUT2D eigenvalue weighted by atomic mass is 32.2. The average Bonchev–Trinajstić information content (AvgIpc) is 2.78. The molecule has 13 heteroatoms. The zero-order chi connectivity index (χ0) is 23.3. The molecule has 0 unspecified atom stereocenters. The van der Waals surface area contributed by atoms with Crippen LogP contribution < -0.4 is 14.2 Å².